The largest absolute Gasteiger partial charge is 0.324 e. The van der Waals surface area contributed by atoms with Crippen LogP contribution in [0.15, 0.2) is 53.1 Å². The molecule has 106 valence electrons. The van der Waals surface area contributed by atoms with Crippen LogP contribution in [-0.2, 0) is 6.54 Å². The number of halogens is 1. The smallest absolute Gasteiger partial charge is 0.0543 e. The van der Waals surface area contributed by atoms with Gasteiger partial charge in [-0.25, -0.2) is 0 Å². The van der Waals surface area contributed by atoms with E-state index in [1.807, 2.05) is 36.5 Å². The zero-order valence-electron chi connectivity index (χ0n) is 11.7. The predicted molar refractivity (Wildman–Crippen MR) is 86.3 cm³/mol. The highest BCUT2D eigenvalue weighted by Gasteiger charge is 2.08. The Bertz CT molecular complexity index is 513. The average molecular weight is 334 g/mol. The first kappa shape index (κ1) is 15.2. The molecule has 0 aliphatic carbocycles. The van der Waals surface area contributed by atoms with E-state index in [4.69, 9.17) is 5.73 Å². The van der Waals surface area contributed by atoms with Gasteiger partial charge >= 0.3 is 0 Å². The van der Waals surface area contributed by atoms with Gasteiger partial charge in [-0.2, -0.15) is 0 Å². The fourth-order valence-corrected chi connectivity index (χ4v) is 2.35. The van der Waals surface area contributed by atoms with Crippen molar-refractivity contribution in [1.29, 1.82) is 0 Å². The van der Waals surface area contributed by atoms with Gasteiger partial charge in [0.2, 0.25) is 0 Å². The number of benzene rings is 1. The van der Waals surface area contributed by atoms with Crippen molar-refractivity contribution in [3.63, 3.8) is 0 Å². The zero-order valence-corrected chi connectivity index (χ0v) is 13.3. The van der Waals surface area contributed by atoms with Crippen molar-refractivity contribution >= 4 is 15.9 Å². The average Bonchev–Trinajstić information content (AvgIpc) is 2.46. The Hall–Kier alpha value is -1.23. The lowest BCUT2D eigenvalue weighted by Crippen LogP contribution is -2.23. The molecule has 4 heteroatoms. The predicted octanol–water partition coefficient (Wildman–Crippen LogP) is 3.37. The summed E-state index contributed by atoms with van der Waals surface area (Å²) in [5, 5.41) is 0. The Morgan fingerprint density at radius 2 is 1.95 bits per heavy atom. The third-order valence-electron chi connectivity index (χ3n) is 3.28. The number of hydrogen-bond donors (Lipinski definition) is 1. The van der Waals surface area contributed by atoms with Crippen LogP contribution in [0, 0.1) is 0 Å². The van der Waals surface area contributed by atoms with Crippen molar-refractivity contribution in [2.75, 3.05) is 13.6 Å². The van der Waals surface area contributed by atoms with Gasteiger partial charge in [0.15, 0.2) is 0 Å². The van der Waals surface area contributed by atoms with Gasteiger partial charge in [0.1, 0.15) is 0 Å². The number of rotatable bonds is 6. The summed E-state index contributed by atoms with van der Waals surface area (Å²) >= 11 is 3.44. The molecule has 20 heavy (non-hydrogen) atoms. The summed E-state index contributed by atoms with van der Waals surface area (Å²) in [5.41, 5.74) is 8.50. The van der Waals surface area contributed by atoms with Crippen molar-refractivity contribution in [3.05, 3.63) is 64.4 Å². The van der Waals surface area contributed by atoms with Crippen molar-refractivity contribution in [1.82, 2.24) is 9.88 Å². The van der Waals surface area contributed by atoms with E-state index in [0.29, 0.717) is 0 Å². The molecule has 0 spiro atoms. The maximum Gasteiger partial charge on any atom is 0.0543 e. The summed E-state index contributed by atoms with van der Waals surface area (Å²) in [6.45, 7) is 1.81. The molecule has 1 unspecified atom stereocenters. The first-order valence-corrected chi connectivity index (χ1v) is 7.54. The molecule has 1 aromatic heterocycles. The highest BCUT2D eigenvalue weighted by atomic mass is 79.9. The monoisotopic (exact) mass is 333 g/mol. The second-order valence-corrected chi connectivity index (χ2v) is 5.92. The van der Waals surface area contributed by atoms with Crippen LogP contribution in [0.3, 0.4) is 0 Å². The van der Waals surface area contributed by atoms with Crippen LogP contribution in [-0.4, -0.2) is 23.5 Å². The molecule has 3 nitrogen and oxygen atoms in total. The maximum absolute atomic E-state index is 6.23. The fourth-order valence-electron chi connectivity index (χ4n) is 2.08. The number of pyridine rings is 1. The van der Waals surface area contributed by atoms with Gasteiger partial charge in [-0.3, -0.25) is 4.98 Å². The lowest BCUT2D eigenvalue weighted by molar-refractivity contribution is 0.308. The molecule has 1 aromatic carbocycles. The summed E-state index contributed by atoms with van der Waals surface area (Å²) in [6.07, 6.45) is 2.77. The quantitative estimate of drug-likeness (QED) is 0.881. The summed E-state index contributed by atoms with van der Waals surface area (Å²) in [4.78, 5) is 6.59. The maximum atomic E-state index is 6.23. The van der Waals surface area contributed by atoms with Gasteiger partial charge in [-0.05, 0) is 43.3 Å². The molecule has 2 N–H and O–H groups in total. The lowest BCUT2D eigenvalue weighted by Gasteiger charge is -2.19. The van der Waals surface area contributed by atoms with Crippen molar-refractivity contribution < 1.29 is 0 Å². The van der Waals surface area contributed by atoms with Crippen LogP contribution in [0.5, 0.6) is 0 Å². The first-order valence-electron chi connectivity index (χ1n) is 6.74. The summed E-state index contributed by atoms with van der Waals surface area (Å²) in [7, 11) is 2.10. The topological polar surface area (TPSA) is 42.1 Å². The van der Waals surface area contributed by atoms with E-state index in [9.17, 15) is 0 Å². The van der Waals surface area contributed by atoms with Gasteiger partial charge in [-0.15, -0.1) is 0 Å². The minimum absolute atomic E-state index is 0.0780. The number of aromatic nitrogens is 1. The minimum Gasteiger partial charge on any atom is -0.324 e. The SMILES string of the molecule is CN(CCC(N)c1ccc(Br)cc1)Cc1ccccn1. The van der Waals surface area contributed by atoms with Gasteiger partial charge < -0.3 is 10.6 Å². The Morgan fingerprint density at radius 1 is 1.20 bits per heavy atom. The van der Waals surface area contributed by atoms with E-state index in [0.717, 1.165) is 29.7 Å². The molecule has 0 aliphatic rings. The first-order chi connectivity index (χ1) is 9.65. The summed E-state index contributed by atoms with van der Waals surface area (Å²) in [6, 6.07) is 14.3. The molecule has 1 heterocycles. The Balaban J connectivity index is 1.81. The van der Waals surface area contributed by atoms with E-state index < -0.39 is 0 Å². The highest BCUT2D eigenvalue weighted by molar-refractivity contribution is 9.10. The second-order valence-electron chi connectivity index (χ2n) is 5.01. The zero-order chi connectivity index (χ0) is 14.4. The third-order valence-corrected chi connectivity index (χ3v) is 3.81. The van der Waals surface area contributed by atoms with Crippen LogP contribution in [0.25, 0.3) is 0 Å². The highest BCUT2D eigenvalue weighted by Crippen LogP contribution is 2.18. The molecule has 0 amide bonds. The second kappa shape index (κ2) is 7.53. The van der Waals surface area contributed by atoms with Gasteiger partial charge in [-0.1, -0.05) is 34.1 Å². The molecule has 0 radical (unpaired) electrons. The van der Waals surface area contributed by atoms with Crippen LogP contribution >= 0.6 is 15.9 Å². The Labute approximate surface area is 129 Å². The van der Waals surface area contributed by atoms with Crippen LogP contribution in [0.4, 0.5) is 0 Å². The molecule has 2 rings (SSSR count). The van der Waals surface area contributed by atoms with Gasteiger partial charge in [0.25, 0.3) is 0 Å². The van der Waals surface area contributed by atoms with Crippen LogP contribution < -0.4 is 5.73 Å². The third kappa shape index (κ3) is 4.71. The fraction of sp³-hybridized carbons (Fsp3) is 0.312. The molecular weight excluding hydrogens is 314 g/mol. The van der Waals surface area contributed by atoms with Crippen LogP contribution in [0.1, 0.15) is 23.7 Å². The number of nitrogens with zero attached hydrogens (tertiary/aromatic N) is 2. The number of hydrogen-bond acceptors (Lipinski definition) is 3. The minimum atomic E-state index is 0.0780. The normalized spacial score (nSPS) is 12.6. The van der Waals surface area contributed by atoms with Crippen molar-refractivity contribution in [2.45, 2.75) is 19.0 Å². The van der Waals surface area contributed by atoms with Gasteiger partial charge in [0, 0.05) is 29.8 Å². The van der Waals surface area contributed by atoms with E-state index in [-0.39, 0.29) is 6.04 Å². The molecule has 0 saturated heterocycles. The summed E-state index contributed by atoms with van der Waals surface area (Å²) in [5.74, 6) is 0. The van der Waals surface area contributed by atoms with E-state index in [2.05, 4.69) is 45.0 Å². The molecule has 0 saturated carbocycles. The lowest BCUT2D eigenvalue weighted by atomic mass is 10.0. The number of nitrogens with two attached hydrogens (primary N) is 1. The van der Waals surface area contributed by atoms with Crippen molar-refractivity contribution in [3.8, 4) is 0 Å². The molecule has 0 fully saturated rings. The van der Waals surface area contributed by atoms with Crippen LogP contribution in [0.2, 0.25) is 0 Å². The van der Waals surface area contributed by atoms with E-state index in [1.54, 1.807) is 0 Å². The summed E-state index contributed by atoms with van der Waals surface area (Å²) < 4.78 is 1.08. The van der Waals surface area contributed by atoms with Crippen molar-refractivity contribution in [2.24, 2.45) is 5.73 Å². The van der Waals surface area contributed by atoms with Gasteiger partial charge in [0.05, 0.1) is 5.69 Å². The molecule has 2 aromatic rings. The Morgan fingerprint density at radius 3 is 2.60 bits per heavy atom. The molecule has 0 bridgehead atoms. The van der Waals surface area contributed by atoms with E-state index in [1.165, 1.54) is 5.56 Å². The standard InChI is InChI=1S/C16H20BrN3/c1-20(12-15-4-2-3-10-19-15)11-9-16(18)13-5-7-14(17)8-6-13/h2-8,10,16H,9,11-12,18H2,1H3. The Kier molecular flexibility index (Phi) is 5.71. The molecule has 0 aliphatic heterocycles. The molecule has 1 atom stereocenters. The van der Waals surface area contributed by atoms with E-state index >= 15 is 0 Å². The molecular formula is C16H20BrN3.